The number of alkyl halides is 2. The average Bonchev–Trinajstić information content (AvgIpc) is 2.42. The molecule has 1 aromatic heterocycles. The summed E-state index contributed by atoms with van der Waals surface area (Å²) in [6, 6.07) is 3.07. The van der Waals surface area contributed by atoms with E-state index in [4.69, 9.17) is 16.2 Å². The van der Waals surface area contributed by atoms with Crippen LogP contribution in [0.2, 0.25) is 0 Å². The summed E-state index contributed by atoms with van der Waals surface area (Å²) < 4.78 is 31.5. The number of methoxy groups -OCH3 is 1. The molecule has 0 spiro atoms. The van der Waals surface area contributed by atoms with Gasteiger partial charge in [0.2, 0.25) is 5.92 Å². The molecule has 20 heavy (non-hydrogen) atoms. The minimum Gasteiger partial charge on any atom is -0.468 e. The number of esters is 1. The van der Waals surface area contributed by atoms with Crippen molar-refractivity contribution in [1.82, 2.24) is 4.98 Å². The monoisotopic (exact) mass is 285 g/mol. The van der Waals surface area contributed by atoms with Crippen molar-refractivity contribution < 1.29 is 18.3 Å². The van der Waals surface area contributed by atoms with Crippen LogP contribution >= 0.6 is 0 Å². The van der Waals surface area contributed by atoms with Crippen LogP contribution < -0.4 is 11.5 Å². The third kappa shape index (κ3) is 2.39. The molecule has 0 aromatic carbocycles. The van der Waals surface area contributed by atoms with E-state index in [-0.39, 0.29) is 37.2 Å². The molecule has 2 rings (SSSR count). The number of nitrogen functional groups attached to an aromatic ring is 2. The van der Waals surface area contributed by atoms with E-state index < -0.39 is 17.3 Å². The number of hydrogen-bond donors (Lipinski definition) is 2. The maximum atomic E-state index is 13.4. The summed E-state index contributed by atoms with van der Waals surface area (Å²) >= 11 is 0. The SMILES string of the molecule is COC(=O)C1(c2ccc(N)c(N)n2)CCC(F)(F)CC1. The summed E-state index contributed by atoms with van der Waals surface area (Å²) in [5.41, 5.74) is 10.7. The molecular weight excluding hydrogens is 268 g/mol. The fourth-order valence-electron chi connectivity index (χ4n) is 2.55. The largest absolute Gasteiger partial charge is 0.468 e. The van der Waals surface area contributed by atoms with Gasteiger partial charge in [-0.05, 0) is 25.0 Å². The molecule has 1 saturated carbocycles. The minimum absolute atomic E-state index is 0.0248. The Morgan fingerprint density at radius 2 is 1.85 bits per heavy atom. The number of nitrogens with two attached hydrogens (primary N) is 2. The smallest absolute Gasteiger partial charge is 0.317 e. The number of anilines is 2. The molecule has 1 aliphatic rings. The van der Waals surface area contributed by atoms with Crippen molar-refractivity contribution in [3.63, 3.8) is 0 Å². The van der Waals surface area contributed by atoms with Gasteiger partial charge in [-0.2, -0.15) is 0 Å². The van der Waals surface area contributed by atoms with Gasteiger partial charge in [0.1, 0.15) is 11.2 Å². The van der Waals surface area contributed by atoms with Crippen LogP contribution in [0, 0.1) is 0 Å². The van der Waals surface area contributed by atoms with Gasteiger partial charge in [0.05, 0.1) is 18.5 Å². The summed E-state index contributed by atoms with van der Waals surface area (Å²) in [4.78, 5) is 16.2. The second-order valence-electron chi connectivity index (χ2n) is 5.10. The quantitative estimate of drug-likeness (QED) is 0.809. The highest BCUT2D eigenvalue weighted by Gasteiger charge is 2.50. The molecule has 1 heterocycles. The zero-order valence-corrected chi connectivity index (χ0v) is 11.2. The molecule has 1 fully saturated rings. The van der Waals surface area contributed by atoms with Crippen LogP contribution in [0.4, 0.5) is 20.3 Å². The highest BCUT2D eigenvalue weighted by molar-refractivity contribution is 5.83. The summed E-state index contributed by atoms with van der Waals surface area (Å²) in [5.74, 6) is -3.23. The van der Waals surface area contributed by atoms with Gasteiger partial charge in [-0.15, -0.1) is 0 Å². The first kappa shape index (κ1) is 14.5. The van der Waals surface area contributed by atoms with Gasteiger partial charge in [-0.1, -0.05) is 0 Å². The van der Waals surface area contributed by atoms with Crippen molar-refractivity contribution in [2.45, 2.75) is 37.0 Å². The van der Waals surface area contributed by atoms with Crippen molar-refractivity contribution >= 4 is 17.5 Å². The van der Waals surface area contributed by atoms with Crippen molar-refractivity contribution in [3.8, 4) is 0 Å². The second-order valence-corrected chi connectivity index (χ2v) is 5.10. The fraction of sp³-hybridized carbons (Fsp3) is 0.538. The number of ether oxygens (including phenoxy) is 1. The van der Waals surface area contributed by atoms with Crippen molar-refractivity contribution in [1.29, 1.82) is 0 Å². The normalized spacial score (nSPS) is 20.4. The third-order valence-electron chi connectivity index (χ3n) is 3.86. The van der Waals surface area contributed by atoms with E-state index in [2.05, 4.69) is 4.98 Å². The summed E-state index contributed by atoms with van der Waals surface area (Å²) in [6.07, 6.45) is -0.811. The van der Waals surface area contributed by atoms with E-state index in [1.807, 2.05) is 0 Å². The maximum Gasteiger partial charge on any atom is 0.317 e. The number of rotatable bonds is 2. The molecule has 5 nitrogen and oxygen atoms in total. The van der Waals surface area contributed by atoms with Crippen LogP contribution in [0.5, 0.6) is 0 Å². The Morgan fingerprint density at radius 1 is 1.25 bits per heavy atom. The molecule has 0 aliphatic heterocycles. The van der Waals surface area contributed by atoms with Crippen LogP contribution in [-0.4, -0.2) is 24.0 Å². The van der Waals surface area contributed by atoms with Crippen LogP contribution in [-0.2, 0) is 14.9 Å². The molecule has 0 amide bonds. The fourth-order valence-corrected chi connectivity index (χ4v) is 2.55. The molecule has 4 N–H and O–H groups in total. The summed E-state index contributed by atoms with van der Waals surface area (Å²) in [5, 5.41) is 0. The number of pyridine rings is 1. The summed E-state index contributed by atoms with van der Waals surface area (Å²) in [7, 11) is 1.23. The topological polar surface area (TPSA) is 91.2 Å². The Labute approximate surface area is 115 Å². The second kappa shape index (κ2) is 4.88. The zero-order chi connectivity index (χ0) is 15.0. The molecule has 0 unspecified atom stereocenters. The maximum absolute atomic E-state index is 13.4. The lowest BCUT2D eigenvalue weighted by Crippen LogP contribution is -2.44. The van der Waals surface area contributed by atoms with Gasteiger partial charge in [-0.25, -0.2) is 13.8 Å². The molecular formula is C13H17F2N3O2. The molecule has 0 atom stereocenters. The van der Waals surface area contributed by atoms with Gasteiger partial charge in [0.25, 0.3) is 0 Å². The number of carbonyl (C=O) groups is 1. The predicted molar refractivity (Wildman–Crippen MR) is 70.2 cm³/mol. The Morgan fingerprint density at radius 3 is 2.35 bits per heavy atom. The summed E-state index contributed by atoms with van der Waals surface area (Å²) in [6.45, 7) is 0. The number of aromatic nitrogens is 1. The van der Waals surface area contributed by atoms with Crippen molar-refractivity contribution in [2.24, 2.45) is 0 Å². The first-order valence-electron chi connectivity index (χ1n) is 6.29. The van der Waals surface area contributed by atoms with Crippen LogP contribution in [0.25, 0.3) is 0 Å². The Bertz CT molecular complexity index is 524. The molecule has 110 valence electrons. The Kier molecular flexibility index (Phi) is 3.54. The van der Waals surface area contributed by atoms with E-state index in [1.165, 1.54) is 13.2 Å². The molecule has 0 radical (unpaired) electrons. The molecule has 0 bridgehead atoms. The number of hydrogen-bond acceptors (Lipinski definition) is 5. The van der Waals surface area contributed by atoms with Gasteiger partial charge in [-0.3, -0.25) is 4.79 Å². The van der Waals surface area contributed by atoms with Gasteiger partial charge >= 0.3 is 5.97 Å². The standard InChI is InChI=1S/C13H17F2N3O2/c1-20-11(19)12(4-6-13(14,15)7-5-12)9-3-2-8(16)10(17)18-9/h2-3H,4-7,16H2,1H3,(H2,17,18). The van der Waals surface area contributed by atoms with E-state index in [0.717, 1.165) is 0 Å². The minimum atomic E-state index is -2.75. The Hall–Kier alpha value is -1.92. The van der Waals surface area contributed by atoms with Gasteiger partial charge in [0.15, 0.2) is 0 Å². The van der Waals surface area contributed by atoms with Crippen LogP contribution in [0.15, 0.2) is 12.1 Å². The average molecular weight is 285 g/mol. The van der Waals surface area contributed by atoms with E-state index >= 15 is 0 Å². The highest BCUT2D eigenvalue weighted by Crippen LogP contribution is 2.45. The van der Waals surface area contributed by atoms with Gasteiger partial charge < -0.3 is 16.2 Å². The Balaban J connectivity index is 2.43. The predicted octanol–water partition coefficient (Wildman–Crippen LogP) is 1.87. The number of carbonyl (C=O) groups excluding carboxylic acids is 1. The number of halogens is 2. The molecule has 7 heteroatoms. The van der Waals surface area contributed by atoms with Gasteiger partial charge in [0, 0.05) is 12.8 Å². The first-order chi connectivity index (χ1) is 9.31. The molecule has 1 aromatic rings. The van der Waals surface area contributed by atoms with Crippen molar-refractivity contribution in [3.05, 3.63) is 17.8 Å². The highest BCUT2D eigenvalue weighted by atomic mass is 19.3. The lowest BCUT2D eigenvalue weighted by atomic mass is 9.70. The lowest BCUT2D eigenvalue weighted by Gasteiger charge is -2.37. The molecule has 0 saturated heterocycles. The van der Waals surface area contributed by atoms with Crippen LogP contribution in [0.1, 0.15) is 31.4 Å². The van der Waals surface area contributed by atoms with E-state index in [1.54, 1.807) is 6.07 Å². The zero-order valence-electron chi connectivity index (χ0n) is 11.2. The van der Waals surface area contributed by atoms with Crippen LogP contribution in [0.3, 0.4) is 0 Å². The van der Waals surface area contributed by atoms with E-state index in [9.17, 15) is 13.6 Å². The van der Waals surface area contributed by atoms with E-state index in [0.29, 0.717) is 5.69 Å². The third-order valence-corrected chi connectivity index (χ3v) is 3.86. The number of nitrogens with zero attached hydrogens (tertiary/aromatic N) is 1. The first-order valence-corrected chi connectivity index (χ1v) is 6.29. The molecule has 1 aliphatic carbocycles. The van der Waals surface area contributed by atoms with Crippen molar-refractivity contribution in [2.75, 3.05) is 18.6 Å². The lowest BCUT2D eigenvalue weighted by molar-refractivity contribution is -0.153.